The third-order valence-electron chi connectivity index (χ3n) is 4.00. The van der Waals surface area contributed by atoms with Crippen LogP contribution in [-0.4, -0.2) is 34.6 Å². The van der Waals surface area contributed by atoms with Crippen LogP contribution < -0.4 is 5.73 Å². The molecule has 0 radical (unpaired) electrons. The van der Waals surface area contributed by atoms with Gasteiger partial charge in [0.25, 0.3) is 0 Å². The third kappa shape index (κ3) is 2.93. The molecule has 2 atom stereocenters. The molecule has 1 aromatic rings. The van der Waals surface area contributed by atoms with Gasteiger partial charge in [0, 0.05) is 19.3 Å². The average molecular weight is 250 g/mol. The monoisotopic (exact) mass is 250 g/mol. The van der Waals surface area contributed by atoms with Gasteiger partial charge in [0.05, 0.1) is 11.7 Å². The highest BCUT2D eigenvalue weighted by Gasteiger charge is 2.21. The molecule has 0 saturated carbocycles. The molecule has 0 aromatic carbocycles. The normalized spacial score (nSPS) is 22.9. The highest BCUT2D eigenvalue weighted by Crippen LogP contribution is 2.21. The van der Waals surface area contributed by atoms with Gasteiger partial charge in [-0.1, -0.05) is 13.8 Å². The molecule has 1 saturated heterocycles. The maximum absolute atomic E-state index is 6.17. The lowest BCUT2D eigenvalue weighted by Crippen LogP contribution is -2.18. The molecule has 2 rings (SSSR count). The van der Waals surface area contributed by atoms with E-state index in [0.29, 0.717) is 5.92 Å². The number of hydrogen-bond acceptors (Lipinski definition) is 3. The van der Waals surface area contributed by atoms with Crippen LogP contribution in [0, 0.1) is 18.8 Å². The molecule has 2 N–H and O–H groups in total. The first-order valence-corrected chi connectivity index (χ1v) is 6.95. The van der Waals surface area contributed by atoms with Crippen LogP contribution in [-0.2, 0) is 6.54 Å². The van der Waals surface area contributed by atoms with Crippen LogP contribution in [0.2, 0.25) is 0 Å². The number of hydrogen-bond donors (Lipinski definition) is 1. The van der Waals surface area contributed by atoms with Crippen molar-refractivity contribution in [3.05, 3.63) is 17.7 Å². The van der Waals surface area contributed by atoms with E-state index in [4.69, 9.17) is 5.73 Å². The van der Waals surface area contributed by atoms with E-state index in [-0.39, 0.29) is 6.04 Å². The van der Waals surface area contributed by atoms with Gasteiger partial charge in [-0.25, -0.2) is 4.98 Å². The Kier molecular flexibility index (Phi) is 4.07. The number of nitrogens with zero attached hydrogens (tertiary/aromatic N) is 3. The van der Waals surface area contributed by atoms with Crippen molar-refractivity contribution >= 4 is 0 Å². The van der Waals surface area contributed by atoms with Crippen LogP contribution in [0.25, 0.3) is 0 Å². The van der Waals surface area contributed by atoms with E-state index in [1.807, 2.05) is 0 Å². The molecule has 1 aromatic heterocycles. The summed E-state index contributed by atoms with van der Waals surface area (Å²) in [7, 11) is 2.20. The van der Waals surface area contributed by atoms with Gasteiger partial charge in [0.2, 0.25) is 0 Å². The maximum Gasteiger partial charge on any atom is 0.105 e. The second-order valence-corrected chi connectivity index (χ2v) is 6.05. The highest BCUT2D eigenvalue weighted by molar-refractivity contribution is 5.08. The fourth-order valence-corrected chi connectivity index (χ4v) is 2.67. The predicted molar refractivity (Wildman–Crippen MR) is 74.3 cm³/mol. The van der Waals surface area contributed by atoms with Crippen LogP contribution in [0.15, 0.2) is 6.20 Å². The number of rotatable bonds is 4. The van der Waals surface area contributed by atoms with Crippen molar-refractivity contribution in [2.24, 2.45) is 17.6 Å². The van der Waals surface area contributed by atoms with Crippen molar-refractivity contribution < 1.29 is 0 Å². The van der Waals surface area contributed by atoms with Crippen LogP contribution in [0.4, 0.5) is 0 Å². The molecule has 0 aliphatic carbocycles. The SMILES string of the molecule is Cc1nc([C@@H](N)C(C)C)cn1C[C@H]1CCN(C)C1. The highest BCUT2D eigenvalue weighted by atomic mass is 15.1. The van der Waals surface area contributed by atoms with E-state index in [1.54, 1.807) is 0 Å². The van der Waals surface area contributed by atoms with Gasteiger partial charge in [-0.2, -0.15) is 0 Å². The number of nitrogens with two attached hydrogens (primary N) is 1. The lowest BCUT2D eigenvalue weighted by molar-refractivity contribution is 0.376. The summed E-state index contributed by atoms with van der Waals surface area (Å²) in [6.45, 7) is 9.86. The molecule has 4 heteroatoms. The van der Waals surface area contributed by atoms with Gasteiger partial charge >= 0.3 is 0 Å². The molecule has 102 valence electrons. The van der Waals surface area contributed by atoms with Crippen LogP contribution in [0.5, 0.6) is 0 Å². The van der Waals surface area contributed by atoms with Crippen LogP contribution in [0.3, 0.4) is 0 Å². The van der Waals surface area contributed by atoms with Crippen molar-refractivity contribution in [3.63, 3.8) is 0 Å². The Morgan fingerprint density at radius 1 is 1.50 bits per heavy atom. The van der Waals surface area contributed by atoms with E-state index in [9.17, 15) is 0 Å². The first-order chi connectivity index (χ1) is 8.47. The van der Waals surface area contributed by atoms with E-state index in [1.165, 1.54) is 19.5 Å². The van der Waals surface area contributed by atoms with Crippen molar-refractivity contribution in [2.45, 2.75) is 39.8 Å². The Balaban J connectivity index is 2.05. The molecule has 0 bridgehead atoms. The van der Waals surface area contributed by atoms with E-state index < -0.39 is 0 Å². The predicted octanol–water partition coefficient (Wildman–Crippen LogP) is 1.80. The lowest BCUT2D eigenvalue weighted by Gasteiger charge is -2.13. The van der Waals surface area contributed by atoms with E-state index >= 15 is 0 Å². The second kappa shape index (κ2) is 5.41. The Morgan fingerprint density at radius 3 is 2.78 bits per heavy atom. The topological polar surface area (TPSA) is 47.1 Å². The summed E-state index contributed by atoms with van der Waals surface area (Å²) in [5.41, 5.74) is 7.20. The smallest absolute Gasteiger partial charge is 0.105 e. The Labute approximate surface area is 110 Å². The van der Waals surface area contributed by atoms with Crippen molar-refractivity contribution in [2.75, 3.05) is 20.1 Å². The summed E-state index contributed by atoms with van der Waals surface area (Å²) in [4.78, 5) is 7.02. The molecule has 18 heavy (non-hydrogen) atoms. The van der Waals surface area contributed by atoms with Gasteiger partial charge in [0.1, 0.15) is 5.82 Å². The van der Waals surface area contributed by atoms with E-state index in [2.05, 4.69) is 48.5 Å². The number of aryl methyl sites for hydroxylation is 1. The molecule has 4 nitrogen and oxygen atoms in total. The minimum atomic E-state index is 0.0520. The molecule has 0 unspecified atom stereocenters. The van der Waals surface area contributed by atoms with Crippen LogP contribution in [0.1, 0.15) is 37.8 Å². The quantitative estimate of drug-likeness (QED) is 0.886. The minimum absolute atomic E-state index is 0.0520. The molecule has 1 aliphatic heterocycles. The largest absolute Gasteiger partial charge is 0.334 e. The lowest BCUT2D eigenvalue weighted by atomic mass is 10.0. The molecule has 1 fully saturated rings. The van der Waals surface area contributed by atoms with Gasteiger partial charge in [-0.15, -0.1) is 0 Å². The standard InChI is InChI=1S/C14H26N4/c1-10(2)14(15)13-9-18(11(3)16-13)8-12-5-6-17(4)7-12/h9-10,12,14H,5-8,15H2,1-4H3/t12-,14-/m0/s1. The molecule has 0 spiro atoms. The van der Waals surface area contributed by atoms with Crippen molar-refractivity contribution in [1.29, 1.82) is 0 Å². The van der Waals surface area contributed by atoms with Crippen LogP contribution >= 0.6 is 0 Å². The molecular formula is C14H26N4. The van der Waals surface area contributed by atoms with Gasteiger partial charge in [-0.05, 0) is 38.8 Å². The number of likely N-dealkylation sites (tertiary alicyclic amines) is 1. The third-order valence-corrected chi connectivity index (χ3v) is 4.00. The number of aromatic nitrogens is 2. The van der Waals surface area contributed by atoms with Gasteiger partial charge in [0.15, 0.2) is 0 Å². The van der Waals surface area contributed by atoms with E-state index in [0.717, 1.165) is 24.0 Å². The Morgan fingerprint density at radius 2 is 2.22 bits per heavy atom. The molecule has 2 heterocycles. The Bertz CT molecular complexity index is 396. The summed E-state index contributed by atoms with van der Waals surface area (Å²) in [5, 5.41) is 0. The Hall–Kier alpha value is -0.870. The first-order valence-electron chi connectivity index (χ1n) is 6.95. The summed E-state index contributed by atoms with van der Waals surface area (Å²) in [6.07, 6.45) is 3.44. The summed E-state index contributed by atoms with van der Waals surface area (Å²) < 4.78 is 2.28. The zero-order valence-electron chi connectivity index (χ0n) is 12.1. The summed E-state index contributed by atoms with van der Waals surface area (Å²) in [5.74, 6) is 2.28. The molecular weight excluding hydrogens is 224 g/mol. The van der Waals surface area contributed by atoms with Gasteiger partial charge in [-0.3, -0.25) is 0 Å². The fourth-order valence-electron chi connectivity index (χ4n) is 2.67. The van der Waals surface area contributed by atoms with Gasteiger partial charge < -0.3 is 15.2 Å². The zero-order chi connectivity index (χ0) is 13.3. The zero-order valence-corrected chi connectivity index (χ0v) is 12.1. The minimum Gasteiger partial charge on any atom is -0.334 e. The summed E-state index contributed by atoms with van der Waals surface area (Å²) in [6, 6.07) is 0.0520. The molecule has 0 amide bonds. The fraction of sp³-hybridized carbons (Fsp3) is 0.786. The molecule has 1 aliphatic rings. The summed E-state index contributed by atoms with van der Waals surface area (Å²) >= 11 is 0. The average Bonchev–Trinajstić information content (AvgIpc) is 2.86. The van der Waals surface area contributed by atoms with Crippen molar-refractivity contribution in [1.82, 2.24) is 14.5 Å². The maximum atomic E-state index is 6.17. The second-order valence-electron chi connectivity index (χ2n) is 6.05. The van der Waals surface area contributed by atoms with Crippen molar-refractivity contribution in [3.8, 4) is 0 Å². The first kappa shape index (κ1) is 13.6. The number of imidazole rings is 1.